The highest BCUT2D eigenvalue weighted by Crippen LogP contribution is 2.18. The zero-order chi connectivity index (χ0) is 13.1. The van der Waals surface area contributed by atoms with Crippen molar-refractivity contribution in [1.82, 2.24) is 10.2 Å². The SMILES string of the molecule is CN1CCC(NCC(O)c2cccc(Br)c2)C1=O. The molecule has 2 N–H and O–H groups in total. The number of hydrogen-bond donors (Lipinski definition) is 2. The number of aliphatic hydroxyl groups is 1. The van der Waals surface area contributed by atoms with Gasteiger partial charge in [-0.05, 0) is 24.1 Å². The van der Waals surface area contributed by atoms with E-state index in [2.05, 4.69) is 21.2 Å². The average molecular weight is 313 g/mol. The van der Waals surface area contributed by atoms with Crippen LogP contribution in [0.25, 0.3) is 0 Å². The van der Waals surface area contributed by atoms with Crippen LogP contribution in [-0.4, -0.2) is 42.1 Å². The summed E-state index contributed by atoms with van der Waals surface area (Å²) in [5.74, 6) is 0.108. The fourth-order valence-electron chi connectivity index (χ4n) is 2.10. The Labute approximate surface area is 115 Å². The molecule has 1 aliphatic heterocycles. The summed E-state index contributed by atoms with van der Waals surface area (Å²) in [5.41, 5.74) is 0.843. The number of likely N-dealkylation sites (tertiary alicyclic amines) is 1. The molecule has 0 saturated carbocycles. The van der Waals surface area contributed by atoms with Crippen LogP contribution in [0, 0.1) is 0 Å². The molecule has 98 valence electrons. The number of likely N-dealkylation sites (N-methyl/N-ethyl adjacent to an activating group) is 1. The number of halogens is 1. The van der Waals surface area contributed by atoms with E-state index in [4.69, 9.17) is 0 Å². The molecule has 0 spiro atoms. The maximum Gasteiger partial charge on any atom is 0.239 e. The number of benzene rings is 1. The zero-order valence-electron chi connectivity index (χ0n) is 10.3. The quantitative estimate of drug-likeness (QED) is 0.881. The van der Waals surface area contributed by atoms with Crippen LogP contribution in [0.4, 0.5) is 0 Å². The van der Waals surface area contributed by atoms with Gasteiger partial charge in [-0.15, -0.1) is 0 Å². The lowest BCUT2D eigenvalue weighted by Crippen LogP contribution is -2.38. The van der Waals surface area contributed by atoms with E-state index in [1.165, 1.54) is 0 Å². The molecular formula is C13H17BrN2O2. The van der Waals surface area contributed by atoms with Crippen molar-refractivity contribution in [3.8, 4) is 0 Å². The summed E-state index contributed by atoms with van der Waals surface area (Å²) in [6.07, 6.45) is 0.210. The van der Waals surface area contributed by atoms with E-state index in [0.29, 0.717) is 6.54 Å². The topological polar surface area (TPSA) is 52.6 Å². The number of carbonyl (C=O) groups excluding carboxylic acids is 1. The summed E-state index contributed by atoms with van der Waals surface area (Å²) in [6, 6.07) is 7.40. The van der Waals surface area contributed by atoms with Crippen LogP contribution < -0.4 is 5.32 Å². The molecule has 1 heterocycles. The number of aliphatic hydroxyl groups excluding tert-OH is 1. The number of nitrogens with one attached hydrogen (secondary N) is 1. The van der Waals surface area contributed by atoms with Gasteiger partial charge < -0.3 is 15.3 Å². The lowest BCUT2D eigenvalue weighted by molar-refractivity contribution is -0.128. The lowest BCUT2D eigenvalue weighted by atomic mass is 10.1. The second-order valence-electron chi connectivity index (χ2n) is 4.58. The maximum absolute atomic E-state index is 11.7. The van der Waals surface area contributed by atoms with Crippen molar-refractivity contribution < 1.29 is 9.90 Å². The normalized spacial score (nSPS) is 21.4. The Bertz CT molecular complexity index is 439. The molecule has 1 saturated heterocycles. The largest absolute Gasteiger partial charge is 0.387 e. The van der Waals surface area contributed by atoms with Gasteiger partial charge in [0, 0.05) is 24.6 Å². The van der Waals surface area contributed by atoms with E-state index in [0.717, 1.165) is 23.0 Å². The molecule has 2 atom stereocenters. The Kier molecular flexibility index (Phi) is 4.37. The summed E-state index contributed by atoms with van der Waals surface area (Å²) >= 11 is 3.37. The van der Waals surface area contributed by atoms with E-state index in [1.54, 1.807) is 11.9 Å². The summed E-state index contributed by atoms with van der Waals surface area (Å²) in [6.45, 7) is 1.17. The van der Waals surface area contributed by atoms with Gasteiger partial charge in [0.2, 0.25) is 5.91 Å². The van der Waals surface area contributed by atoms with Gasteiger partial charge in [0.25, 0.3) is 0 Å². The first-order chi connectivity index (χ1) is 8.58. The molecule has 18 heavy (non-hydrogen) atoms. The first-order valence-corrected chi connectivity index (χ1v) is 6.79. The van der Waals surface area contributed by atoms with Crippen molar-refractivity contribution in [3.05, 3.63) is 34.3 Å². The van der Waals surface area contributed by atoms with E-state index < -0.39 is 6.10 Å². The fourth-order valence-corrected chi connectivity index (χ4v) is 2.51. The molecule has 1 aromatic carbocycles. The standard InChI is InChI=1S/C13H17BrN2O2/c1-16-6-5-11(13(16)18)15-8-12(17)9-3-2-4-10(14)7-9/h2-4,7,11-12,15,17H,5-6,8H2,1H3. The molecule has 0 aromatic heterocycles. The fraction of sp³-hybridized carbons (Fsp3) is 0.462. The van der Waals surface area contributed by atoms with Gasteiger partial charge in [0.05, 0.1) is 12.1 Å². The van der Waals surface area contributed by atoms with Crippen LogP contribution >= 0.6 is 15.9 Å². The third-order valence-corrected chi connectivity index (χ3v) is 3.71. The molecule has 0 aliphatic carbocycles. The van der Waals surface area contributed by atoms with Crippen LogP contribution in [0.2, 0.25) is 0 Å². The monoisotopic (exact) mass is 312 g/mol. The van der Waals surface area contributed by atoms with Gasteiger partial charge in [-0.25, -0.2) is 0 Å². The first-order valence-electron chi connectivity index (χ1n) is 6.00. The van der Waals surface area contributed by atoms with Crippen LogP contribution in [0.3, 0.4) is 0 Å². The maximum atomic E-state index is 11.7. The first kappa shape index (κ1) is 13.5. The van der Waals surface area contributed by atoms with Crippen molar-refractivity contribution in [3.63, 3.8) is 0 Å². The molecule has 1 amide bonds. The van der Waals surface area contributed by atoms with Gasteiger partial charge in [-0.3, -0.25) is 4.79 Å². The lowest BCUT2D eigenvalue weighted by Gasteiger charge is -2.16. The van der Waals surface area contributed by atoms with Gasteiger partial charge in [-0.1, -0.05) is 28.1 Å². The molecule has 1 aromatic rings. The Morgan fingerprint density at radius 3 is 3.00 bits per heavy atom. The smallest absolute Gasteiger partial charge is 0.239 e. The van der Waals surface area contributed by atoms with Gasteiger partial charge in [-0.2, -0.15) is 0 Å². The minimum atomic E-state index is -0.596. The highest BCUT2D eigenvalue weighted by Gasteiger charge is 2.28. The predicted molar refractivity (Wildman–Crippen MR) is 73.1 cm³/mol. The molecule has 0 bridgehead atoms. The molecule has 1 aliphatic rings. The summed E-state index contributed by atoms with van der Waals surface area (Å²) in [7, 11) is 1.80. The summed E-state index contributed by atoms with van der Waals surface area (Å²) in [4.78, 5) is 13.4. The van der Waals surface area contributed by atoms with Crippen molar-refractivity contribution >= 4 is 21.8 Å². The highest BCUT2D eigenvalue weighted by atomic mass is 79.9. The minimum absolute atomic E-state index is 0.108. The highest BCUT2D eigenvalue weighted by molar-refractivity contribution is 9.10. The van der Waals surface area contributed by atoms with Gasteiger partial charge in [0.1, 0.15) is 0 Å². The third-order valence-electron chi connectivity index (χ3n) is 3.22. The zero-order valence-corrected chi connectivity index (χ0v) is 11.9. The van der Waals surface area contributed by atoms with Crippen molar-refractivity contribution in [2.75, 3.05) is 20.1 Å². The van der Waals surface area contributed by atoms with Crippen LogP contribution in [-0.2, 0) is 4.79 Å². The van der Waals surface area contributed by atoms with Crippen molar-refractivity contribution in [2.45, 2.75) is 18.6 Å². The number of rotatable bonds is 4. The molecule has 0 radical (unpaired) electrons. The molecule has 2 rings (SSSR count). The summed E-state index contributed by atoms with van der Waals surface area (Å²) < 4.78 is 0.940. The van der Waals surface area contributed by atoms with Crippen molar-refractivity contribution in [1.29, 1.82) is 0 Å². The minimum Gasteiger partial charge on any atom is -0.387 e. The van der Waals surface area contributed by atoms with Crippen LogP contribution in [0.5, 0.6) is 0 Å². The Morgan fingerprint density at radius 1 is 1.61 bits per heavy atom. The number of carbonyl (C=O) groups is 1. The van der Waals surface area contributed by atoms with E-state index >= 15 is 0 Å². The number of amides is 1. The molecule has 5 heteroatoms. The van der Waals surface area contributed by atoms with Crippen LogP contribution in [0.15, 0.2) is 28.7 Å². The van der Waals surface area contributed by atoms with E-state index in [1.807, 2.05) is 24.3 Å². The second kappa shape index (κ2) is 5.82. The molecule has 1 fully saturated rings. The predicted octanol–water partition coefficient (Wildman–Crippen LogP) is 1.30. The Balaban J connectivity index is 1.89. The van der Waals surface area contributed by atoms with E-state index in [-0.39, 0.29) is 11.9 Å². The van der Waals surface area contributed by atoms with E-state index in [9.17, 15) is 9.90 Å². The molecular weight excluding hydrogens is 296 g/mol. The molecule has 4 nitrogen and oxygen atoms in total. The van der Waals surface area contributed by atoms with Crippen LogP contribution in [0.1, 0.15) is 18.1 Å². The van der Waals surface area contributed by atoms with Crippen molar-refractivity contribution in [2.24, 2.45) is 0 Å². The second-order valence-corrected chi connectivity index (χ2v) is 5.50. The summed E-state index contributed by atoms with van der Waals surface area (Å²) in [5, 5.41) is 13.2. The average Bonchev–Trinajstić information content (AvgIpc) is 2.67. The number of nitrogens with zero attached hydrogens (tertiary/aromatic N) is 1. The Morgan fingerprint density at radius 2 is 2.39 bits per heavy atom. The Hall–Kier alpha value is -0.910. The van der Waals surface area contributed by atoms with Gasteiger partial charge >= 0.3 is 0 Å². The van der Waals surface area contributed by atoms with Gasteiger partial charge in [0.15, 0.2) is 0 Å². The molecule has 2 unspecified atom stereocenters. The number of hydrogen-bond acceptors (Lipinski definition) is 3. The third kappa shape index (κ3) is 3.10.